The van der Waals surface area contributed by atoms with E-state index in [1.54, 1.807) is 0 Å². The second-order valence-electron chi connectivity index (χ2n) is 6.76. The number of rotatable bonds is 3. The Bertz CT molecular complexity index is 732. The van der Waals surface area contributed by atoms with Gasteiger partial charge in [-0.05, 0) is 65.7 Å². The van der Waals surface area contributed by atoms with Crippen molar-refractivity contribution in [3.05, 3.63) is 28.5 Å². The van der Waals surface area contributed by atoms with Crippen LogP contribution < -0.4 is 10.6 Å². The maximum absolute atomic E-state index is 13.1. The van der Waals surface area contributed by atoms with Crippen molar-refractivity contribution in [1.29, 1.82) is 0 Å². The predicted octanol–water partition coefficient (Wildman–Crippen LogP) is 3.03. The second kappa shape index (κ2) is 6.74. The van der Waals surface area contributed by atoms with Crippen molar-refractivity contribution in [2.75, 3.05) is 11.9 Å². The average Bonchev–Trinajstić information content (AvgIpc) is 2.78. The van der Waals surface area contributed by atoms with Gasteiger partial charge in [-0.25, -0.2) is 9.18 Å². The quantitative estimate of drug-likeness (QED) is 0.750. The third kappa shape index (κ3) is 3.53. The highest BCUT2D eigenvalue weighted by Gasteiger charge is 2.52. The van der Waals surface area contributed by atoms with Gasteiger partial charge >= 0.3 is 6.03 Å². The van der Waals surface area contributed by atoms with Crippen LogP contribution in [-0.2, 0) is 9.59 Å². The number of amides is 4. The Hall–Kier alpha value is -1.96. The summed E-state index contributed by atoms with van der Waals surface area (Å²) in [7, 11) is 0. The van der Waals surface area contributed by atoms with E-state index in [-0.39, 0.29) is 12.5 Å². The van der Waals surface area contributed by atoms with Crippen LogP contribution in [0.25, 0.3) is 0 Å². The number of urea groups is 1. The molecule has 1 saturated heterocycles. The van der Waals surface area contributed by atoms with E-state index in [4.69, 9.17) is 0 Å². The normalized spacial score (nSPS) is 26.0. The van der Waals surface area contributed by atoms with Gasteiger partial charge in [0.05, 0.1) is 5.69 Å². The fourth-order valence-electron chi connectivity index (χ4n) is 3.34. The van der Waals surface area contributed by atoms with E-state index >= 15 is 0 Å². The zero-order chi connectivity index (χ0) is 18.2. The fraction of sp³-hybridized carbons (Fsp3) is 0.471. The summed E-state index contributed by atoms with van der Waals surface area (Å²) >= 11 is 3.16. The van der Waals surface area contributed by atoms with Crippen LogP contribution in [0.2, 0.25) is 0 Å². The predicted molar refractivity (Wildman–Crippen MR) is 93.3 cm³/mol. The molecule has 0 atom stereocenters. The highest BCUT2D eigenvalue weighted by Crippen LogP contribution is 2.36. The molecular weight excluding hydrogens is 393 g/mol. The largest absolute Gasteiger partial charge is 0.325 e. The molecule has 1 heterocycles. The molecule has 2 N–H and O–H groups in total. The minimum absolute atomic E-state index is 0.335. The Morgan fingerprint density at radius 2 is 2.08 bits per heavy atom. The SMILES string of the molecule is CC1CCC2(CC1)NC(=O)N(CC(=O)Nc1ccc(F)cc1Br)C2=O. The molecule has 1 spiro atoms. The molecule has 0 aromatic heterocycles. The van der Waals surface area contributed by atoms with E-state index in [1.165, 1.54) is 18.2 Å². The van der Waals surface area contributed by atoms with E-state index in [0.717, 1.165) is 17.7 Å². The Kier molecular flexibility index (Phi) is 4.81. The van der Waals surface area contributed by atoms with Crippen molar-refractivity contribution in [2.24, 2.45) is 5.92 Å². The van der Waals surface area contributed by atoms with Crippen LogP contribution in [0.3, 0.4) is 0 Å². The molecule has 6 nitrogen and oxygen atoms in total. The van der Waals surface area contributed by atoms with Gasteiger partial charge in [0.25, 0.3) is 5.91 Å². The van der Waals surface area contributed by atoms with Gasteiger partial charge in [0, 0.05) is 4.47 Å². The minimum Gasteiger partial charge on any atom is -0.323 e. The summed E-state index contributed by atoms with van der Waals surface area (Å²) < 4.78 is 13.5. The van der Waals surface area contributed by atoms with Crippen LogP contribution in [0.1, 0.15) is 32.6 Å². The number of carbonyl (C=O) groups is 3. The molecule has 0 unspecified atom stereocenters. The second-order valence-corrected chi connectivity index (χ2v) is 7.61. The van der Waals surface area contributed by atoms with Gasteiger partial charge in [-0.15, -0.1) is 0 Å². The van der Waals surface area contributed by atoms with Gasteiger partial charge < -0.3 is 10.6 Å². The highest BCUT2D eigenvalue weighted by molar-refractivity contribution is 9.10. The molecule has 1 aromatic carbocycles. The maximum atomic E-state index is 13.1. The third-order valence-electron chi connectivity index (χ3n) is 4.88. The smallest absolute Gasteiger partial charge is 0.323 e. The van der Waals surface area contributed by atoms with Crippen molar-refractivity contribution >= 4 is 39.5 Å². The average molecular weight is 412 g/mol. The van der Waals surface area contributed by atoms with E-state index in [1.807, 2.05) is 0 Å². The zero-order valence-electron chi connectivity index (χ0n) is 13.8. The lowest BCUT2D eigenvalue weighted by Gasteiger charge is -2.33. The first kappa shape index (κ1) is 17.8. The molecule has 0 radical (unpaired) electrons. The zero-order valence-corrected chi connectivity index (χ0v) is 15.4. The van der Waals surface area contributed by atoms with Gasteiger partial charge in [-0.1, -0.05) is 6.92 Å². The first-order chi connectivity index (χ1) is 11.8. The number of halogens is 2. The Morgan fingerprint density at radius 1 is 1.40 bits per heavy atom. The molecule has 25 heavy (non-hydrogen) atoms. The van der Waals surface area contributed by atoms with Gasteiger partial charge in [-0.3, -0.25) is 14.5 Å². The molecule has 3 rings (SSSR count). The molecule has 1 aliphatic carbocycles. The lowest BCUT2D eigenvalue weighted by Crippen LogP contribution is -2.49. The number of nitrogens with one attached hydrogen (secondary N) is 2. The summed E-state index contributed by atoms with van der Waals surface area (Å²) in [6, 6.07) is 3.31. The van der Waals surface area contributed by atoms with E-state index in [0.29, 0.717) is 28.9 Å². The standard InChI is InChI=1S/C17H19BrFN3O3/c1-10-4-6-17(7-5-10)15(24)22(16(25)21-17)9-14(23)20-13-3-2-11(19)8-12(13)18/h2-3,8,10H,4-7,9H2,1H3,(H,20,23)(H,21,25). The number of hydrogen-bond acceptors (Lipinski definition) is 3. The summed E-state index contributed by atoms with van der Waals surface area (Å²) in [4.78, 5) is 38.1. The van der Waals surface area contributed by atoms with Crippen molar-refractivity contribution < 1.29 is 18.8 Å². The van der Waals surface area contributed by atoms with Crippen LogP contribution in [0, 0.1) is 11.7 Å². The van der Waals surface area contributed by atoms with Crippen LogP contribution in [0.4, 0.5) is 14.9 Å². The van der Waals surface area contributed by atoms with Crippen LogP contribution in [0.15, 0.2) is 22.7 Å². The van der Waals surface area contributed by atoms with Crippen molar-refractivity contribution in [1.82, 2.24) is 10.2 Å². The number of imide groups is 1. The van der Waals surface area contributed by atoms with Gasteiger partial charge in [0.2, 0.25) is 5.91 Å². The number of anilines is 1. The summed E-state index contributed by atoms with van der Waals surface area (Å²) in [5.74, 6) is -0.759. The first-order valence-corrected chi connectivity index (χ1v) is 8.99. The van der Waals surface area contributed by atoms with Crippen LogP contribution in [0.5, 0.6) is 0 Å². The van der Waals surface area contributed by atoms with E-state index in [9.17, 15) is 18.8 Å². The summed E-state index contributed by atoms with van der Waals surface area (Å²) in [6.45, 7) is 1.76. The lowest BCUT2D eigenvalue weighted by atomic mass is 9.77. The molecule has 4 amide bonds. The van der Waals surface area contributed by atoms with Gasteiger partial charge in [0.1, 0.15) is 17.9 Å². The van der Waals surface area contributed by atoms with Crippen molar-refractivity contribution in [3.8, 4) is 0 Å². The minimum atomic E-state index is -0.861. The molecular formula is C17H19BrFN3O3. The maximum Gasteiger partial charge on any atom is 0.325 e. The molecule has 2 aliphatic rings. The Balaban J connectivity index is 1.67. The first-order valence-electron chi connectivity index (χ1n) is 8.20. The summed E-state index contributed by atoms with van der Waals surface area (Å²) in [6.07, 6.45) is 2.93. The molecule has 2 fully saturated rings. The third-order valence-corrected chi connectivity index (χ3v) is 5.54. The molecule has 1 aromatic rings. The Morgan fingerprint density at radius 3 is 2.72 bits per heavy atom. The number of benzene rings is 1. The highest BCUT2D eigenvalue weighted by atomic mass is 79.9. The number of nitrogens with zero attached hydrogens (tertiary/aromatic N) is 1. The molecule has 0 bridgehead atoms. The van der Waals surface area contributed by atoms with Gasteiger partial charge in [0.15, 0.2) is 0 Å². The summed E-state index contributed by atoms with van der Waals surface area (Å²) in [5.41, 5.74) is -0.486. The topological polar surface area (TPSA) is 78.5 Å². The lowest BCUT2D eigenvalue weighted by molar-refractivity contribution is -0.135. The van der Waals surface area contributed by atoms with Crippen LogP contribution in [-0.4, -0.2) is 34.8 Å². The number of carbonyl (C=O) groups excluding carboxylic acids is 3. The molecule has 1 saturated carbocycles. The monoisotopic (exact) mass is 411 g/mol. The fourth-order valence-corrected chi connectivity index (χ4v) is 3.79. The Labute approximate surface area is 153 Å². The van der Waals surface area contributed by atoms with Gasteiger partial charge in [-0.2, -0.15) is 0 Å². The summed E-state index contributed by atoms with van der Waals surface area (Å²) in [5, 5.41) is 5.35. The molecule has 8 heteroatoms. The molecule has 1 aliphatic heterocycles. The van der Waals surface area contributed by atoms with E-state index < -0.39 is 23.3 Å². The molecule has 134 valence electrons. The number of hydrogen-bond donors (Lipinski definition) is 2. The van der Waals surface area contributed by atoms with E-state index in [2.05, 4.69) is 33.5 Å². The van der Waals surface area contributed by atoms with Crippen molar-refractivity contribution in [2.45, 2.75) is 38.1 Å². The van der Waals surface area contributed by atoms with Crippen LogP contribution >= 0.6 is 15.9 Å². The van der Waals surface area contributed by atoms with Crippen molar-refractivity contribution in [3.63, 3.8) is 0 Å².